The van der Waals surface area contributed by atoms with Crippen molar-refractivity contribution in [3.05, 3.63) is 69.6 Å². The molecule has 1 aliphatic rings. The second-order valence-electron chi connectivity index (χ2n) is 5.36. The van der Waals surface area contributed by atoms with Crippen molar-refractivity contribution in [2.75, 3.05) is 0 Å². The maximum absolute atomic E-state index is 2.31. The fourth-order valence-corrected chi connectivity index (χ4v) is 3.71. The number of aryl methyl sites for hydroxylation is 3. The van der Waals surface area contributed by atoms with E-state index < -0.39 is 0 Å². The zero-order chi connectivity index (χ0) is 13.4. The third kappa shape index (κ3) is 2.48. The minimum absolute atomic E-state index is 1.05. The van der Waals surface area contributed by atoms with Crippen LogP contribution in [0.2, 0.25) is 0 Å². The smallest absolute Gasteiger partial charge is 0.0157 e. The Morgan fingerprint density at radius 1 is 0.895 bits per heavy atom. The number of fused-ring (bicyclic) bond motifs is 1. The highest BCUT2D eigenvalue weighted by atomic mass is 32.2. The topological polar surface area (TPSA) is 0 Å². The molecule has 0 nitrogen and oxygen atoms in total. The zero-order valence-electron chi connectivity index (χ0n) is 11.7. The first kappa shape index (κ1) is 12.6. The van der Waals surface area contributed by atoms with Crippen LogP contribution in [-0.4, -0.2) is 0 Å². The van der Waals surface area contributed by atoms with Crippen molar-refractivity contribution in [2.45, 2.75) is 32.1 Å². The first-order valence-corrected chi connectivity index (χ1v) is 7.54. The number of hydrogen-bond acceptors (Lipinski definition) is 1. The first-order chi connectivity index (χ1) is 9.13. The molecule has 0 spiro atoms. The lowest BCUT2D eigenvalue weighted by atomic mass is 9.95. The highest BCUT2D eigenvalue weighted by Crippen LogP contribution is 2.38. The van der Waals surface area contributed by atoms with Gasteiger partial charge in [-0.15, -0.1) is 0 Å². The number of rotatable bonds is 1. The van der Waals surface area contributed by atoms with Gasteiger partial charge in [0.05, 0.1) is 0 Å². The molecule has 0 saturated carbocycles. The van der Waals surface area contributed by atoms with E-state index in [0.29, 0.717) is 0 Å². The molecule has 1 aliphatic heterocycles. The largest absolute Gasteiger partial charge is 0.0974 e. The summed E-state index contributed by atoms with van der Waals surface area (Å²) in [7, 11) is 0. The van der Waals surface area contributed by atoms with E-state index in [2.05, 4.69) is 62.6 Å². The van der Waals surface area contributed by atoms with Crippen LogP contribution in [0.3, 0.4) is 0 Å². The molecule has 19 heavy (non-hydrogen) atoms. The van der Waals surface area contributed by atoms with Gasteiger partial charge in [0.2, 0.25) is 0 Å². The lowest BCUT2D eigenvalue weighted by Gasteiger charge is -2.19. The van der Waals surface area contributed by atoms with Gasteiger partial charge in [0.25, 0.3) is 0 Å². The highest BCUT2D eigenvalue weighted by Gasteiger charge is 2.15. The monoisotopic (exact) mass is 266 g/mol. The van der Waals surface area contributed by atoms with Crippen molar-refractivity contribution in [2.24, 2.45) is 0 Å². The molecule has 0 atom stereocenters. The second-order valence-corrected chi connectivity index (χ2v) is 6.27. The van der Waals surface area contributed by atoms with Crippen molar-refractivity contribution < 1.29 is 0 Å². The highest BCUT2D eigenvalue weighted by molar-refractivity contribution is 8.02. The summed E-state index contributed by atoms with van der Waals surface area (Å²) in [6, 6.07) is 13.4. The molecule has 0 fully saturated rings. The van der Waals surface area contributed by atoms with E-state index in [9.17, 15) is 0 Å². The SMILES string of the molecule is Cc1ccc(C2=CSc3cc(C)cc(C)c3C2)cc1. The van der Waals surface area contributed by atoms with E-state index in [1.807, 2.05) is 11.8 Å². The number of allylic oxidation sites excluding steroid dienone is 1. The maximum atomic E-state index is 2.31. The summed E-state index contributed by atoms with van der Waals surface area (Å²) in [5, 5.41) is 2.31. The molecule has 96 valence electrons. The lowest BCUT2D eigenvalue weighted by molar-refractivity contribution is 1.12. The first-order valence-electron chi connectivity index (χ1n) is 6.66. The Balaban J connectivity index is 1.97. The molecule has 0 saturated heterocycles. The second kappa shape index (κ2) is 4.90. The quantitative estimate of drug-likeness (QED) is 0.675. The van der Waals surface area contributed by atoms with Gasteiger partial charge in [-0.2, -0.15) is 0 Å². The predicted octanol–water partition coefficient (Wildman–Crippen LogP) is 5.30. The average molecular weight is 266 g/mol. The molecule has 0 unspecified atom stereocenters. The maximum Gasteiger partial charge on any atom is 0.0157 e. The van der Waals surface area contributed by atoms with Gasteiger partial charge >= 0.3 is 0 Å². The number of benzene rings is 2. The molecule has 0 aliphatic carbocycles. The molecule has 0 radical (unpaired) electrons. The summed E-state index contributed by atoms with van der Waals surface area (Å²) >= 11 is 1.86. The van der Waals surface area contributed by atoms with Crippen LogP contribution in [0.1, 0.15) is 27.8 Å². The molecule has 0 aromatic heterocycles. The molecule has 0 bridgehead atoms. The van der Waals surface area contributed by atoms with Crippen LogP contribution >= 0.6 is 11.8 Å². The zero-order valence-corrected chi connectivity index (χ0v) is 12.5. The lowest BCUT2D eigenvalue weighted by Crippen LogP contribution is -2.00. The fraction of sp³-hybridized carbons (Fsp3) is 0.222. The Morgan fingerprint density at radius 3 is 2.37 bits per heavy atom. The minimum Gasteiger partial charge on any atom is -0.0974 e. The number of hydrogen-bond donors (Lipinski definition) is 0. The van der Waals surface area contributed by atoms with Crippen molar-refractivity contribution >= 4 is 17.3 Å². The summed E-state index contributed by atoms with van der Waals surface area (Å²) < 4.78 is 0. The molecule has 0 amide bonds. The van der Waals surface area contributed by atoms with Crippen LogP contribution < -0.4 is 0 Å². The van der Waals surface area contributed by atoms with Crippen molar-refractivity contribution in [1.29, 1.82) is 0 Å². The van der Waals surface area contributed by atoms with Gasteiger partial charge in [-0.25, -0.2) is 0 Å². The van der Waals surface area contributed by atoms with Crippen LogP contribution in [0.4, 0.5) is 0 Å². The average Bonchev–Trinajstić information content (AvgIpc) is 2.39. The van der Waals surface area contributed by atoms with E-state index >= 15 is 0 Å². The van der Waals surface area contributed by atoms with E-state index in [1.165, 1.54) is 38.3 Å². The molecule has 1 heteroatoms. The van der Waals surface area contributed by atoms with Gasteiger partial charge in [0, 0.05) is 4.90 Å². The number of thioether (sulfide) groups is 1. The Hall–Kier alpha value is -1.47. The van der Waals surface area contributed by atoms with Gasteiger partial charge in [-0.3, -0.25) is 0 Å². The molecule has 0 N–H and O–H groups in total. The van der Waals surface area contributed by atoms with Gasteiger partial charge in [-0.05, 0) is 66.5 Å². The molecule has 1 heterocycles. The summed E-state index contributed by atoms with van der Waals surface area (Å²) in [6.07, 6.45) is 1.05. The summed E-state index contributed by atoms with van der Waals surface area (Å²) in [5.41, 5.74) is 8.37. The summed E-state index contributed by atoms with van der Waals surface area (Å²) in [6.45, 7) is 6.54. The third-order valence-corrected chi connectivity index (χ3v) is 4.71. The van der Waals surface area contributed by atoms with Crippen molar-refractivity contribution in [3.8, 4) is 0 Å². The molecular weight excluding hydrogens is 248 g/mol. The van der Waals surface area contributed by atoms with Crippen molar-refractivity contribution in [1.82, 2.24) is 0 Å². The van der Waals surface area contributed by atoms with Gasteiger partial charge < -0.3 is 0 Å². The van der Waals surface area contributed by atoms with Gasteiger partial charge in [-0.1, -0.05) is 47.7 Å². The normalized spacial score (nSPS) is 13.9. The van der Waals surface area contributed by atoms with Crippen LogP contribution in [0, 0.1) is 20.8 Å². The Labute approximate surface area is 119 Å². The Bertz CT molecular complexity index is 648. The van der Waals surface area contributed by atoms with E-state index in [-0.39, 0.29) is 0 Å². The van der Waals surface area contributed by atoms with E-state index in [1.54, 1.807) is 0 Å². The predicted molar refractivity (Wildman–Crippen MR) is 84.6 cm³/mol. The van der Waals surface area contributed by atoms with Crippen LogP contribution in [0.5, 0.6) is 0 Å². The molecule has 2 aromatic rings. The standard InChI is InChI=1S/C18H18S/c1-12-4-6-15(7-5-12)16-10-17-14(3)8-13(2)9-18(17)19-11-16/h4-9,11H,10H2,1-3H3. The van der Waals surface area contributed by atoms with Crippen LogP contribution in [0.25, 0.3) is 5.57 Å². The van der Waals surface area contributed by atoms with Crippen molar-refractivity contribution in [3.63, 3.8) is 0 Å². The third-order valence-electron chi connectivity index (χ3n) is 3.69. The van der Waals surface area contributed by atoms with Crippen LogP contribution in [0.15, 0.2) is 46.7 Å². The summed E-state index contributed by atoms with van der Waals surface area (Å²) in [5.74, 6) is 0. The summed E-state index contributed by atoms with van der Waals surface area (Å²) in [4.78, 5) is 1.42. The molecule has 3 rings (SSSR count). The van der Waals surface area contributed by atoms with E-state index in [4.69, 9.17) is 0 Å². The fourth-order valence-electron chi connectivity index (χ4n) is 2.59. The van der Waals surface area contributed by atoms with Crippen LogP contribution in [-0.2, 0) is 6.42 Å². The minimum atomic E-state index is 1.05. The van der Waals surface area contributed by atoms with Gasteiger partial charge in [0.1, 0.15) is 0 Å². The molecular formula is C18H18S. The van der Waals surface area contributed by atoms with Gasteiger partial charge in [0.15, 0.2) is 0 Å². The Kier molecular flexibility index (Phi) is 3.24. The Morgan fingerprint density at radius 2 is 1.63 bits per heavy atom. The molecule has 2 aromatic carbocycles. The van der Waals surface area contributed by atoms with E-state index in [0.717, 1.165) is 6.42 Å².